The highest BCUT2D eigenvalue weighted by atomic mass is 16.5. The van der Waals surface area contributed by atoms with E-state index < -0.39 is 0 Å². The van der Waals surface area contributed by atoms with Gasteiger partial charge < -0.3 is 10.1 Å². The Balaban J connectivity index is 1.90. The molecule has 0 fully saturated rings. The Morgan fingerprint density at radius 2 is 2.28 bits per heavy atom. The molecule has 102 valence electrons. The van der Waals surface area contributed by atoms with Crippen LogP contribution in [0.15, 0.2) is 12.7 Å². The molecule has 1 rings (SSSR count). The Kier molecular flexibility index (Phi) is 7.79. The molecule has 0 saturated heterocycles. The maximum Gasteiger partial charge on any atom is 0.245 e. The van der Waals surface area contributed by atoms with E-state index in [-0.39, 0.29) is 12.5 Å². The molecule has 0 atom stereocenters. The maximum absolute atomic E-state index is 11.4. The molecule has 1 N–H and O–H groups in total. The monoisotopic (exact) mass is 254 g/mol. The molecule has 0 bridgehead atoms. The Labute approximate surface area is 108 Å². The van der Waals surface area contributed by atoms with Crippen molar-refractivity contribution in [2.75, 3.05) is 19.8 Å². The van der Waals surface area contributed by atoms with Crippen LogP contribution in [0.3, 0.4) is 0 Å². The highest BCUT2D eigenvalue weighted by molar-refractivity contribution is 5.77. The van der Waals surface area contributed by atoms with Crippen molar-refractivity contribution >= 4 is 5.91 Å². The summed E-state index contributed by atoms with van der Waals surface area (Å²) in [4.78, 5) is 15.2. The Morgan fingerprint density at radius 1 is 1.39 bits per heavy atom. The van der Waals surface area contributed by atoms with Gasteiger partial charge in [0.2, 0.25) is 5.91 Å². The second-order valence-corrected chi connectivity index (χ2v) is 4.12. The molecule has 6 nitrogen and oxygen atoms in total. The van der Waals surface area contributed by atoms with Gasteiger partial charge in [-0.1, -0.05) is 19.8 Å². The summed E-state index contributed by atoms with van der Waals surface area (Å²) >= 11 is 0. The molecule has 0 aliphatic heterocycles. The summed E-state index contributed by atoms with van der Waals surface area (Å²) in [5.41, 5.74) is 0. The first kappa shape index (κ1) is 14.6. The van der Waals surface area contributed by atoms with E-state index in [2.05, 4.69) is 22.3 Å². The van der Waals surface area contributed by atoms with Crippen molar-refractivity contribution in [3.63, 3.8) is 0 Å². The maximum atomic E-state index is 11.4. The van der Waals surface area contributed by atoms with Crippen LogP contribution in [0.4, 0.5) is 0 Å². The first-order valence-electron chi connectivity index (χ1n) is 6.49. The van der Waals surface area contributed by atoms with E-state index in [0.717, 1.165) is 32.2 Å². The molecule has 0 saturated carbocycles. The molecule has 1 amide bonds. The minimum atomic E-state index is -0.0508. The second-order valence-electron chi connectivity index (χ2n) is 4.12. The minimum Gasteiger partial charge on any atom is -0.372 e. The van der Waals surface area contributed by atoms with Gasteiger partial charge in [0.1, 0.15) is 19.3 Å². The average molecular weight is 254 g/mol. The van der Waals surface area contributed by atoms with Crippen molar-refractivity contribution in [3.05, 3.63) is 12.7 Å². The number of carbonyl (C=O) groups is 1. The van der Waals surface area contributed by atoms with Gasteiger partial charge in [0, 0.05) is 19.7 Å². The largest absolute Gasteiger partial charge is 0.372 e. The predicted molar refractivity (Wildman–Crippen MR) is 68.0 cm³/mol. The smallest absolute Gasteiger partial charge is 0.245 e. The van der Waals surface area contributed by atoms with Crippen molar-refractivity contribution in [1.29, 1.82) is 0 Å². The van der Waals surface area contributed by atoms with Crippen LogP contribution < -0.4 is 5.32 Å². The zero-order chi connectivity index (χ0) is 13.1. The van der Waals surface area contributed by atoms with Crippen LogP contribution in [0.1, 0.15) is 32.6 Å². The third-order valence-corrected chi connectivity index (χ3v) is 2.48. The molecule has 6 heteroatoms. The quantitative estimate of drug-likeness (QED) is 0.632. The number of unbranched alkanes of at least 4 members (excludes halogenated alkanes) is 2. The summed E-state index contributed by atoms with van der Waals surface area (Å²) in [6, 6.07) is 0. The van der Waals surface area contributed by atoms with Gasteiger partial charge in [-0.15, -0.1) is 0 Å². The van der Waals surface area contributed by atoms with E-state index in [9.17, 15) is 4.79 Å². The Bertz CT molecular complexity index is 314. The van der Waals surface area contributed by atoms with E-state index in [4.69, 9.17) is 4.74 Å². The molecule has 1 heterocycles. The van der Waals surface area contributed by atoms with E-state index in [1.807, 2.05) is 0 Å². The number of hydrogen-bond donors (Lipinski definition) is 1. The zero-order valence-electron chi connectivity index (χ0n) is 11.0. The van der Waals surface area contributed by atoms with E-state index in [1.54, 1.807) is 11.0 Å². The number of ether oxygens (including phenoxy) is 1. The molecule has 0 aliphatic rings. The molecule has 0 radical (unpaired) electrons. The summed E-state index contributed by atoms with van der Waals surface area (Å²) in [7, 11) is 0. The van der Waals surface area contributed by atoms with Crippen molar-refractivity contribution in [2.24, 2.45) is 0 Å². The third kappa shape index (κ3) is 7.01. The summed E-state index contributed by atoms with van der Waals surface area (Å²) in [6.07, 6.45) is 7.35. The fourth-order valence-corrected chi connectivity index (χ4v) is 1.49. The van der Waals surface area contributed by atoms with E-state index >= 15 is 0 Å². The Morgan fingerprint density at radius 3 is 3.00 bits per heavy atom. The number of nitrogens with one attached hydrogen (secondary N) is 1. The van der Waals surface area contributed by atoms with Crippen molar-refractivity contribution in [2.45, 2.75) is 39.2 Å². The first-order valence-corrected chi connectivity index (χ1v) is 6.49. The normalized spacial score (nSPS) is 10.5. The number of hydrogen-bond acceptors (Lipinski definition) is 4. The van der Waals surface area contributed by atoms with Gasteiger partial charge in [-0.25, -0.2) is 4.98 Å². The summed E-state index contributed by atoms with van der Waals surface area (Å²) in [6.45, 7) is 4.36. The molecule has 0 spiro atoms. The minimum absolute atomic E-state index is 0.0508. The lowest BCUT2D eigenvalue weighted by Crippen LogP contribution is -2.29. The van der Waals surface area contributed by atoms with Crippen molar-refractivity contribution < 1.29 is 9.53 Å². The number of carbonyl (C=O) groups excluding carboxylic acids is 1. The molecule has 18 heavy (non-hydrogen) atoms. The van der Waals surface area contributed by atoms with E-state index in [1.165, 1.54) is 6.33 Å². The van der Waals surface area contributed by atoms with Crippen molar-refractivity contribution in [3.8, 4) is 0 Å². The molecule has 0 unspecified atom stereocenters. The third-order valence-electron chi connectivity index (χ3n) is 2.48. The van der Waals surface area contributed by atoms with Crippen LogP contribution in [0.2, 0.25) is 0 Å². The molecular formula is C12H22N4O2. The topological polar surface area (TPSA) is 69.0 Å². The number of aryl methyl sites for hydroxylation is 1. The lowest BCUT2D eigenvalue weighted by Gasteiger charge is -2.06. The van der Waals surface area contributed by atoms with Crippen LogP contribution in [-0.2, 0) is 16.1 Å². The average Bonchev–Trinajstić information content (AvgIpc) is 2.87. The van der Waals surface area contributed by atoms with Gasteiger partial charge in [-0.3, -0.25) is 9.48 Å². The van der Waals surface area contributed by atoms with Crippen molar-refractivity contribution in [1.82, 2.24) is 20.1 Å². The summed E-state index contributed by atoms with van der Waals surface area (Å²) in [5, 5.41) is 6.79. The number of nitrogens with zero attached hydrogens (tertiary/aromatic N) is 3. The van der Waals surface area contributed by atoms with Crippen LogP contribution in [0.25, 0.3) is 0 Å². The number of rotatable bonds is 10. The molecule has 0 aliphatic carbocycles. The van der Waals surface area contributed by atoms with Gasteiger partial charge in [-0.2, -0.15) is 5.10 Å². The molecule has 1 aromatic rings. The second kappa shape index (κ2) is 9.58. The SMILES string of the molecule is CCCCCOCC(=O)NCCCn1cncn1. The lowest BCUT2D eigenvalue weighted by atomic mass is 10.3. The summed E-state index contributed by atoms with van der Waals surface area (Å²) < 4.78 is 7.00. The van der Waals surface area contributed by atoms with Gasteiger partial charge in [-0.05, 0) is 12.8 Å². The Hall–Kier alpha value is -1.43. The standard InChI is InChI=1S/C12H22N4O2/c1-2-3-4-8-18-9-12(17)14-6-5-7-16-11-13-10-15-16/h10-11H,2-9H2,1H3,(H,14,17). The molecule has 0 aromatic carbocycles. The van der Waals surface area contributed by atoms with Gasteiger partial charge in [0.05, 0.1) is 0 Å². The molecule has 1 aromatic heterocycles. The predicted octanol–water partition coefficient (Wildman–Crippen LogP) is 0.991. The van der Waals surface area contributed by atoms with Gasteiger partial charge in [0.25, 0.3) is 0 Å². The molecular weight excluding hydrogens is 232 g/mol. The number of aromatic nitrogens is 3. The van der Waals surface area contributed by atoms with Crippen LogP contribution in [0.5, 0.6) is 0 Å². The highest BCUT2D eigenvalue weighted by Gasteiger charge is 2.00. The fourth-order valence-electron chi connectivity index (χ4n) is 1.49. The van der Waals surface area contributed by atoms with Crippen LogP contribution >= 0.6 is 0 Å². The lowest BCUT2D eigenvalue weighted by molar-refractivity contribution is -0.125. The van der Waals surface area contributed by atoms with Crippen LogP contribution in [0, 0.1) is 0 Å². The fraction of sp³-hybridized carbons (Fsp3) is 0.750. The zero-order valence-corrected chi connectivity index (χ0v) is 11.0. The first-order chi connectivity index (χ1) is 8.83. The van der Waals surface area contributed by atoms with Crippen LogP contribution in [-0.4, -0.2) is 40.4 Å². The highest BCUT2D eigenvalue weighted by Crippen LogP contribution is 1.93. The summed E-state index contributed by atoms with van der Waals surface area (Å²) in [5.74, 6) is -0.0508. The van der Waals surface area contributed by atoms with Gasteiger partial charge in [0.15, 0.2) is 0 Å². The van der Waals surface area contributed by atoms with Gasteiger partial charge >= 0.3 is 0 Å². The number of amides is 1. The van der Waals surface area contributed by atoms with E-state index in [0.29, 0.717) is 13.2 Å².